The maximum Gasteiger partial charge on any atom is 0.346 e. The van der Waals surface area contributed by atoms with Gasteiger partial charge in [-0.1, -0.05) is 17.7 Å². The van der Waals surface area contributed by atoms with E-state index in [0.29, 0.717) is 15.5 Å². The minimum atomic E-state index is -0.924. The molecule has 0 aliphatic heterocycles. The van der Waals surface area contributed by atoms with Crippen LogP contribution >= 0.6 is 34.7 Å². The van der Waals surface area contributed by atoms with Crippen molar-refractivity contribution in [1.82, 2.24) is 9.97 Å². The lowest BCUT2D eigenvalue weighted by atomic mass is 10.2. The van der Waals surface area contributed by atoms with E-state index >= 15 is 0 Å². The zero-order chi connectivity index (χ0) is 13.1. The van der Waals surface area contributed by atoms with E-state index in [1.54, 1.807) is 13.0 Å². The molecule has 0 saturated carbocycles. The molecular formula is C11H9ClN2O2S2. The van der Waals surface area contributed by atoms with Gasteiger partial charge in [0.25, 0.3) is 0 Å². The number of aromatic carboxylic acids is 1. The van der Waals surface area contributed by atoms with Crippen LogP contribution in [0.4, 0.5) is 0 Å². The van der Waals surface area contributed by atoms with E-state index in [4.69, 9.17) is 16.7 Å². The number of aromatic nitrogens is 2. The lowest BCUT2D eigenvalue weighted by Gasteiger charge is -2.00. The highest BCUT2D eigenvalue weighted by Crippen LogP contribution is 2.34. The Morgan fingerprint density at radius 2 is 2.39 bits per heavy atom. The van der Waals surface area contributed by atoms with Gasteiger partial charge in [0.15, 0.2) is 0 Å². The SMILES string of the molecule is Cc1c(C(=O)O)sc2ncnc(SCC=CCl)c12. The third-order valence-electron chi connectivity index (χ3n) is 2.29. The normalized spacial score (nSPS) is 11.4. The highest BCUT2D eigenvalue weighted by Gasteiger charge is 2.18. The summed E-state index contributed by atoms with van der Waals surface area (Å²) in [7, 11) is 0. The number of carboxylic acid groups (broad SMARTS) is 1. The molecule has 2 heterocycles. The molecule has 0 saturated heterocycles. The van der Waals surface area contributed by atoms with Gasteiger partial charge in [0.1, 0.15) is 21.1 Å². The molecule has 0 radical (unpaired) electrons. The highest BCUT2D eigenvalue weighted by atomic mass is 35.5. The number of aryl methyl sites for hydroxylation is 1. The molecule has 2 rings (SSSR count). The van der Waals surface area contributed by atoms with Crippen LogP contribution in [-0.2, 0) is 0 Å². The van der Waals surface area contributed by atoms with Gasteiger partial charge in [-0.25, -0.2) is 14.8 Å². The number of rotatable bonds is 4. The molecule has 0 spiro atoms. The molecule has 0 aliphatic carbocycles. The smallest absolute Gasteiger partial charge is 0.346 e. The second-order valence-electron chi connectivity index (χ2n) is 3.39. The van der Waals surface area contributed by atoms with Crippen LogP contribution in [0.5, 0.6) is 0 Å². The van der Waals surface area contributed by atoms with E-state index in [1.165, 1.54) is 35.0 Å². The molecule has 2 aromatic rings. The lowest BCUT2D eigenvalue weighted by Crippen LogP contribution is -1.94. The zero-order valence-corrected chi connectivity index (χ0v) is 11.8. The first-order valence-electron chi connectivity index (χ1n) is 5.00. The van der Waals surface area contributed by atoms with Crippen molar-refractivity contribution in [3.05, 3.63) is 28.4 Å². The first-order chi connectivity index (χ1) is 8.65. The van der Waals surface area contributed by atoms with E-state index < -0.39 is 5.97 Å². The van der Waals surface area contributed by atoms with Gasteiger partial charge in [0, 0.05) is 16.7 Å². The van der Waals surface area contributed by atoms with Crippen LogP contribution in [0.25, 0.3) is 10.2 Å². The van der Waals surface area contributed by atoms with Crippen molar-refractivity contribution in [2.24, 2.45) is 0 Å². The summed E-state index contributed by atoms with van der Waals surface area (Å²) < 4.78 is 0. The number of halogens is 1. The molecule has 0 amide bonds. The van der Waals surface area contributed by atoms with Gasteiger partial charge in [-0.15, -0.1) is 23.1 Å². The summed E-state index contributed by atoms with van der Waals surface area (Å²) >= 11 is 8.14. The predicted octanol–water partition coefficient (Wildman–Crippen LogP) is 3.54. The Hall–Kier alpha value is -1.11. The van der Waals surface area contributed by atoms with Crippen LogP contribution in [-0.4, -0.2) is 26.8 Å². The molecule has 1 N–H and O–H groups in total. The van der Waals surface area contributed by atoms with Crippen molar-refractivity contribution in [2.75, 3.05) is 5.75 Å². The van der Waals surface area contributed by atoms with Gasteiger partial charge in [0.2, 0.25) is 0 Å². The third kappa shape index (κ3) is 2.50. The van der Waals surface area contributed by atoms with E-state index in [9.17, 15) is 4.79 Å². The van der Waals surface area contributed by atoms with Gasteiger partial charge < -0.3 is 5.11 Å². The Morgan fingerprint density at radius 1 is 1.61 bits per heavy atom. The minimum absolute atomic E-state index is 0.320. The standard InChI is InChI=1S/C11H9ClN2O2S2/c1-6-7-9(17-4-2-3-12)13-5-14-10(7)18-8(6)11(15)16/h2-3,5H,4H2,1H3,(H,15,16). The number of hydrogen-bond donors (Lipinski definition) is 1. The molecule has 7 heteroatoms. The Balaban J connectivity index is 2.50. The largest absolute Gasteiger partial charge is 0.477 e. The number of thiophene rings is 1. The van der Waals surface area contributed by atoms with Crippen molar-refractivity contribution in [1.29, 1.82) is 0 Å². The molecule has 0 bridgehead atoms. The summed E-state index contributed by atoms with van der Waals surface area (Å²) in [5, 5.41) is 10.7. The number of hydrogen-bond acceptors (Lipinski definition) is 5. The topological polar surface area (TPSA) is 63.1 Å². The second-order valence-corrected chi connectivity index (χ2v) is 5.65. The predicted molar refractivity (Wildman–Crippen MR) is 74.8 cm³/mol. The van der Waals surface area contributed by atoms with Crippen molar-refractivity contribution in [3.8, 4) is 0 Å². The average molecular weight is 301 g/mol. The van der Waals surface area contributed by atoms with Gasteiger partial charge in [0.05, 0.1) is 0 Å². The number of thioether (sulfide) groups is 1. The number of nitrogens with zero attached hydrogens (tertiary/aromatic N) is 2. The fraction of sp³-hybridized carbons (Fsp3) is 0.182. The molecular weight excluding hydrogens is 292 g/mol. The van der Waals surface area contributed by atoms with Gasteiger partial charge in [-0.2, -0.15) is 0 Å². The first kappa shape index (κ1) is 13.3. The molecule has 0 atom stereocenters. The van der Waals surface area contributed by atoms with Crippen molar-refractivity contribution >= 4 is 50.9 Å². The van der Waals surface area contributed by atoms with Crippen molar-refractivity contribution < 1.29 is 9.90 Å². The fourth-order valence-electron chi connectivity index (χ4n) is 1.52. The Bertz CT molecular complexity index is 625. The van der Waals surface area contributed by atoms with Gasteiger partial charge in [-0.3, -0.25) is 0 Å². The second kappa shape index (κ2) is 5.69. The van der Waals surface area contributed by atoms with Gasteiger partial charge in [-0.05, 0) is 12.5 Å². The van der Waals surface area contributed by atoms with Crippen LogP contribution in [0.2, 0.25) is 0 Å². The van der Waals surface area contributed by atoms with E-state index in [0.717, 1.165) is 16.0 Å². The number of fused-ring (bicyclic) bond motifs is 1. The van der Waals surface area contributed by atoms with E-state index in [2.05, 4.69) is 9.97 Å². The molecule has 94 valence electrons. The molecule has 0 aliphatic rings. The summed E-state index contributed by atoms with van der Waals surface area (Å²) in [5.41, 5.74) is 2.18. The van der Waals surface area contributed by atoms with Crippen LogP contribution in [0.1, 0.15) is 15.2 Å². The summed E-state index contributed by atoms with van der Waals surface area (Å²) in [5.74, 6) is -0.236. The fourth-order valence-corrected chi connectivity index (χ4v) is 3.63. The minimum Gasteiger partial charge on any atom is -0.477 e. The van der Waals surface area contributed by atoms with Crippen LogP contribution in [0.3, 0.4) is 0 Å². The van der Waals surface area contributed by atoms with Crippen LogP contribution in [0.15, 0.2) is 23.0 Å². The zero-order valence-electron chi connectivity index (χ0n) is 9.38. The van der Waals surface area contributed by atoms with Crippen LogP contribution in [0, 0.1) is 6.92 Å². The maximum atomic E-state index is 11.1. The average Bonchev–Trinajstić information content (AvgIpc) is 2.68. The summed E-state index contributed by atoms with van der Waals surface area (Å²) in [6.07, 6.45) is 3.26. The first-order valence-corrected chi connectivity index (χ1v) is 7.24. The number of carboxylic acids is 1. The van der Waals surface area contributed by atoms with Crippen LogP contribution < -0.4 is 0 Å². The molecule has 4 nitrogen and oxygen atoms in total. The van der Waals surface area contributed by atoms with Crippen molar-refractivity contribution in [3.63, 3.8) is 0 Å². The monoisotopic (exact) mass is 300 g/mol. The molecule has 2 aromatic heterocycles. The summed E-state index contributed by atoms with van der Waals surface area (Å²) in [6.45, 7) is 1.78. The van der Waals surface area contributed by atoms with E-state index in [-0.39, 0.29) is 0 Å². The summed E-state index contributed by atoms with van der Waals surface area (Å²) in [4.78, 5) is 20.4. The highest BCUT2D eigenvalue weighted by molar-refractivity contribution is 7.99. The Labute approximate surface area is 117 Å². The molecule has 0 fully saturated rings. The number of carbonyl (C=O) groups is 1. The van der Waals surface area contributed by atoms with Gasteiger partial charge >= 0.3 is 5.97 Å². The Kier molecular flexibility index (Phi) is 4.21. The van der Waals surface area contributed by atoms with Crippen molar-refractivity contribution in [2.45, 2.75) is 11.9 Å². The summed E-state index contributed by atoms with van der Waals surface area (Å²) in [6, 6.07) is 0. The quantitative estimate of drug-likeness (QED) is 0.691. The maximum absolute atomic E-state index is 11.1. The molecule has 0 unspecified atom stereocenters. The Morgan fingerprint density at radius 3 is 3.06 bits per heavy atom. The third-order valence-corrected chi connectivity index (χ3v) is 4.60. The molecule has 18 heavy (non-hydrogen) atoms. The lowest BCUT2D eigenvalue weighted by molar-refractivity contribution is 0.0701. The van der Waals surface area contributed by atoms with E-state index in [1.807, 2.05) is 0 Å². The molecule has 0 aromatic carbocycles.